The summed E-state index contributed by atoms with van der Waals surface area (Å²) in [5.41, 5.74) is 1.22. The van der Waals surface area contributed by atoms with Gasteiger partial charge in [0.2, 0.25) is 0 Å². The van der Waals surface area contributed by atoms with Gasteiger partial charge in [0.15, 0.2) is 0 Å². The van der Waals surface area contributed by atoms with Crippen LogP contribution in [0.4, 0.5) is 0 Å². The van der Waals surface area contributed by atoms with E-state index in [1.165, 1.54) is 44.2 Å². The predicted octanol–water partition coefficient (Wildman–Crippen LogP) is 3.96. The summed E-state index contributed by atoms with van der Waals surface area (Å²) in [6.45, 7) is 5.64. The number of aryl methyl sites for hydroxylation is 1. The topological polar surface area (TPSA) is 24.9 Å². The Morgan fingerprint density at radius 3 is 2.67 bits per heavy atom. The number of pyridine rings is 1. The summed E-state index contributed by atoms with van der Waals surface area (Å²) >= 11 is 0. The minimum absolute atomic E-state index is 0.665. The number of rotatable bonds is 10. The van der Waals surface area contributed by atoms with Crippen LogP contribution in [0, 0.1) is 0 Å². The SMILES string of the molecule is CCCCCC(CCc1ccccn1)NCCC. The van der Waals surface area contributed by atoms with Crippen molar-refractivity contribution >= 4 is 0 Å². The Morgan fingerprint density at radius 1 is 1.11 bits per heavy atom. The first-order chi connectivity index (χ1) is 8.86. The van der Waals surface area contributed by atoms with Crippen LogP contribution in [0.2, 0.25) is 0 Å². The predicted molar refractivity (Wildman–Crippen MR) is 78.8 cm³/mol. The zero-order valence-electron chi connectivity index (χ0n) is 12.0. The second-order valence-electron chi connectivity index (χ2n) is 5.01. The van der Waals surface area contributed by atoms with Gasteiger partial charge >= 0.3 is 0 Å². The van der Waals surface area contributed by atoms with Gasteiger partial charge in [-0.1, -0.05) is 39.2 Å². The van der Waals surface area contributed by atoms with Gasteiger partial charge in [0.25, 0.3) is 0 Å². The number of hydrogen-bond donors (Lipinski definition) is 1. The lowest BCUT2D eigenvalue weighted by Crippen LogP contribution is -2.30. The van der Waals surface area contributed by atoms with Crippen LogP contribution < -0.4 is 5.32 Å². The fourth-order valence-electron chi connectivity index (χ4n) is 2.21. The first-order valence-corrected chi connectivity index (χ1v) is 7.50. The molecule has 0 radical (unpaired) electrons. The highest BCUT2D eigenvalue weighted by Crippen LogP contribution is 2.10. The van der Waals surface area contributed by atoms with E-state index in [9.17, 15) is 0 Å². The van der Waals surface area contributed by atoms with E-state index in [-0.39, 0.29) is 0 Å². The molecule has 0 saturated carbocycles. The molecular weight excluding hydrogens is 220 g/mol. The second-order valence-corrected chi connectivity index (χ2v) is 5.01. The normalized spacial score (nSPS) is 12.6. The van der Waals surface area contributed by atoms with Crippen molar-refractivity contribution in [3.05, 3.63) is 30.1 Å². The molecule has 2 nitrogen and oxygen atoms in total. The molecule has 0 amide bonds. The van der Waals surface area contributed by atoms with Gasteiger partial charge in [0.05, 0.1) is 0 Å². The van der Waals surface area contributed by atoms with Crippen LogP contribution in [0.25, 0.3) is 0 Å². The van der Waals surface area contributed by atoms with Crippen LogP contribution in [0.5, 0.6) is 0 Å². The lowest BCUT2D eigenvalue weighted by molar-refractivity contribution is 0.433. The van der Waals surface area contributed by atoms with E-state index in [2.05, 4.69) is 36.3 Å². The molecule has 1 aromatic rings. The van der Waals surface area contributed by atoms with Crippen molar-refractivity contribution in [1.29, 1.82) is 0 Å². The largest absolute Gasteiger partial charge is 0.314 e. The smallest absolute Gasteiger partial charge is 0.0404 e. The van der Waals surface area contributed by atoms with Gasteiger partial charge in [-0.3, -0.25) is 4.98 Å². The lowest BCUT2D eigenvalue weighted by atomic mass is 10.0. The molecule has 0 bridgehead atoms. The summed E-state index contributed by atoms with van der Waals surface area (Å²) in [5, 5.41) is 3.67. The van der Waals surface area contributed by atoms with Crippen molar-refractivity contribution < 1.29 is 0 Å². The molecular formula is C16H28N2. The van der Waals surface area contributed by atoms with Gasteiger partial charge in [0, 0.05) is 17.9 Å². The molecule has 0 aliphatic rings. The average Bonchev–Trinajstić information content (AvgIpc) is 2.42. The lowest BCUT2D eigenvalue weighted by Gasteiger charge is -2.18. The first kappa shape index (κ1) is 15.2. The zero-order valence-corrected chi connectivity index (χ0v) is 12.0. The average molecular weight is 248 g/mol. The Kier molecular flexibility index (Phi) is 8.49. The van der Waals surface area contributed by atoms with Gasteiger partial charge in [-0.25, -0.2) is 0 Å². The fraction of sp³-hybridized carbons (Fsp3) is 0.688. The van der Waals surface area contributed by atoms with Crippen LogP contribution in [0.1, 0.15) is 58.1 Å². The van der Waals surface area contributed by atoms with Crippen molar-refractivity contribution in [1.82, 2.24) is 10.3 Å². The third-order valence-corrected chi connectivity index (χ3v) is 3.31. The molecule has 1 heterocycles. The van der Waals surface area contributed by atoms with Gasteiger partial charge in [-0.05, 0) is 44.4 Å². The van der Waals surface area contributed by atoms with Crippen molar-refractivity contribution in [2.24, 2.45) is 0 Å². The molecule has 18 heavy (non-hydrogen) atoms. The molecule has 1 rings (SSSR count). The Balaban J connectivity index is 2.30. The van der Waals surface area contributed by atoms with Gasteiger partial charge < -0.3 is 5.32 Å². The van der Waals surface area contributed by atoms with Crippen molar-refractivity contribution in [2.75, 3.05) is 6.54 Å². The molecule has 0 aliphatic carbocycles. The maximum absolute atomic E-state index is 4.40. The maximum Gasteiger partial charge on any atom is 0.0404 e. The fourth-order valence-corrected chi connectivity index (χ4v) is 2.21. The van der Waals surface area contributed by atoms with Crippen LogP contribution in [0.15, 0.2) is 24.4 Å². The highest BCUT2D eigenvalue weighted by molar-refractivity contribution is 5.03. The summed E-state index contributed by atoms with van der Waals surface area (Å²) < 4.78 is 0. The molecule has 1 unspecified atom stereocenters. The van der Waals surface area contributed by atoms with E-state index >= 15 is 0 Å². The van der Waals surface area contributed by atoms with E-state index in [1.807, 2.05) is 12.3 Å². The highest BCUT2D eigenvalue weighted by Gasteiger charge is 2.07. The monoisotopic (exact) mass is 248 g/mol. The van der Waals surface area contributed by atoms with Crippen molar-refractivity contribution in [3.8, 4) is 0 Å². The molecule has 1 aromatic heterocycles. The van der Waals surface area contributed by atoms with Crippen LogP contribution in [-0.2, 0) is 6.42 Å². The van der Waals surface area contributed by atoms with E-state index in [0.717, 1.165) is 13.0 Å². The number of aromatic nitrogens is 1. The highest BCUT2D eigenvalue weighted by atomic mass is 14.9. The molecule has 1 N–H and O–H groups in total. The second kappa shape index (κ2) is 10.1. The number of nitrogens with one attached hydrogen (secondary N) is 1. The minimum Gasteiger partial charge on any atom is -0.314 e. The zero-order chi connectivity index (χ0) is 13.1. The Hall–Kier alpha value is -0.890. The van der Waals surface area contributed by atoms with Crippen LogP contribution in [-0.4, -0.2) is 17.6 Å². The molecule has 1 atom stereocenters. The first-order valence-electron chi connectivity index (χ1n) is 7.50. The molecule has 0 aliphatic heterocycles. The molecule has 102 valence electrons. The number of unbranched alkanes of at least 4 members (excludes halogenated alkanes) is 2. The van der Waals surface area contributed by atoms with Crippen molar-refractivity contribution in [3.63, 3.8) is 0 Å². The summed E-state index contributed by atoms with van der Waals surface area (Å²) in [6.07, 6.45) is 10.7. The molecule has 2 heteroatoms. The molecule has 0 fully saturated rings. The van der Waals surface area contributed by atoms with Gasteiger partial charge in [-0.15, -0.1) is 0 Å². The van der Waals surface area contributed by atoms with E-state index in [0.29, 0.717) is 6.04 Å². The number of hydrogen-bond acceptors (Lipinski definition) is 2. The summed E-state index contributed by atoms with van der Waals surface area (Å²) in [5.74, 6) is 0. The van der Waals surface area contributed by atoms with Gasteiger partial charge in [0.1, 0.15) is 0 Å². The molecule has 0 saturated heterocycles. The van der Waals surface area contributed by atoms with Gasteiger partial charge in [-0.2, -0.15) is 0 Å². The quantitative estimate of drug-likeness (QED) is 0.634. The Labute approximate surface area is 112 Å². The Morgan fingerprint density at radius 2 is 2.00 bits per heavy atom. The summed E-state index contributed by atoms with van der Waals surface area (Å²) in [7, 11) is 0. The summed E-state index contributed by atoms with van der Waals surface area (Å²) in [4.78, 5) is 4.40. The van der Waals surface area contributed by atoms with E-state index in [1.54, 1.807) is 0 Å². The van der Waals surface area contributed by atoms with Crippen LogP contribution in [0.3, 0.4) is 0 Å². The standard InChI is InChI=1S/C16H28N2/c1-3-5-6-9-15(17-13-4-2)11-12-16-10-7-8-14-18-16/h7-8,10,14-15,17H,3-6,9,11-13H2,1-2H3. The third kappa shape index (κ3) is 6.75. The molecule has 0 aromatic carbocycles. The van der Waals surface area contributed by atoms with Crippen molar-refractivity contribution in [2.45, 2.75) is 64.8 Å². The maximum atomic E-state index is 4.40. The van der Waals surface area contributed by atoms with E-state index < -0.39 is 0 Å². The third-order valence-electron chi connectivity index (χ3n) is 3.31. The van der Waals surface area contributed by atoms with Crippen LogP contribution >= 0.6 is 0 Å². The number of nitrogens with zero attached hydrogens (tertiary/aromatic N) is 1. The minimum atomic E-state index is 0.665. The van der Waals surface area contributed by atoms with E-state index in [4.69, 9.17) is 0 Å². The summed E-state index contributed by atoms with van der Waals surface area (Å²) in [6, 6.07) is 6.85. The molecule has 0 spiro atoms. The Bertz CT molecular complexity index is 284.